The quantitative estimate of drug-likeness (QED) is 0.884. The summed E-state index contributed by atoms with van der Waals surface area (Å²) in [6, 6.07) is 8.23. The number of pyridine rings is 1. The summed E-state index contributed by atoms with van der Waals surface area (Å²) >= 11 is 11.9. The van der Waals surface area contributed by atoms with Crippen LogP contribution in [0.3, 0.4) is 0 Å². The molecule has 2 aromatic rings. The molecular formula is C15H15Cl2N3O2S. The number of rotatable bonds is 4. The Hall–Kier alpha value is -1.34. The van der Waals surface area contributed by atoms with E-state index in [1.54, 1.807) is 30.3 Å². The van der Waals surface area contributed by atoms with Crippen molar-refractivity contribution in [1.29, 1.82) is 0 Å². The van der Waals surface area contributed by atoms with Gasteiger partial charge in [0.2, 0.25) is 10.0 Å². The highest BCUT2D eigenvalue weighted by Gasteiger charge is 2.27. The summed E-state index contributed by atoms with van der Waals surface area (Å²) in [5.41, 5.74) is 0.685. The highest BCUT2D eigenvalue weighted by Crippen LogP contribution is 2.25. The predicted octanol–water partition coefficient (Wildman–Crippen LogP) is 3.92. The van der Waals surface area contributed by atoms with Gasteiger partial charge in [-0.05, 0) is 43.2 Å². The van der Waals surface area contributed by atoms with Crippen molar-refractivity contribution in [2.24, 2.45) is 0 Å². The lowest BCUT2D eigenvalue weighted by Gasteiger charge is -2.15. The maximum Gasteiger partial charge on any atom is 0.244 e. The van der Waals surface area contributed by atoms with Crippen LogP contribution in [0.2, 0.25) is 10.0 Å². The van der Waals surface area contributed by atoms with E-state index in [9.17, 15) is 8.42 Å². The van der Waals surface area contributed by atoms with Crippen molar-refractivity contribution in [1.82, 2.24) is 9.29 Å². The summed E-state index contributed by atoms with van der Waals surface area (Å²) in [5.74, 6) is 0.517. The molecule has 0 unspecified atom stereocenters. The van der Waals surface area contributed by atoms with Gasteiger partial charge in [-0.25, -0.2) is 13.4 Å². The minimum absolute atomic E-state index is 0.203. The number of sulfonamides is 1. The van der Waals surface area contributed by atoms with E-state index in [0.717, 1.165) is 12.8 Å². The van der Waals surface area contributed by atoms with E-state index in [-0.39, 0.29) is 4.90 Å². The second-order valence-electron chi connectivity index (χ2n) is 5.27. The average Bonchev–Trinajstić information content (AvgIpc) is 3.01. The Bertz CT molecular complexity index is 784. The van der Waals surface area contributed by atoms with Crippen LogP contribution in [0.4, 0.5) is 11.5 Å². The van der Waals surface area contributed by atoms with Crippen LogP contribution >= 0.6 is 23.2 Å². The van der Waals surface area contributed by atoms with E-state index in [0.29, 0.717) is 34.6 Å². The van der Waals surface area contributed by atoms with E-state index in [2.05, 4.69) is 10.3 Å². The van der Waals surface area contributed by atoms with E-state index in [1.807, 2.05) is 0 Å². The molecule has 1 aliphatic rings. The monoisotopic (exact) mass is 371 g/mol. The Morgan fingerprint density at radius 2 is 1.70 bits per heavy atom. The third-order valence-electron chi connectivity index (χ3n) is 3.57. The zero-order valence-electron chi connectivity index (χ0n) is 12.2. The SMILES string of the molecule is O=S(=O)(c1ccc(Nc2cc(Cl)cc(Cl)c2)nc1)N1CCCC1. The first-order valence-electron chi connectivity index (χ1n) is 7.14. The Labute approximate surface area is 145 Å². The molecule has 0 radical (unpaired) electrons. The van der Waals surface area contributed by atoms with Crippen molar-refractivity contribution in [3.8, 4) is 0 Å². The third-order valence-corrected chi connectivity index (χ3v) is 5.89. The Morgan fingerprint density at radius 1 is 1.04 bits per heavy atom. The number of halogens is 2. The molecule has 1 aromatic heterocycles. The topological polar surface area (TPSA) is 62.3 Å². The molecule has 1 aliphatic heterocycles. The Morgan fingerprint density at radius 3 is 2.26 bits per heavy atom. The van der Waals surface area contributed by atoms with Gasteiger partial charge in [0.1, 0.15) is 10.7 Å². The zero-order chi connectivity index (χ0) is 16.4. The van der Waals surface area contributed by atoms with Crippen LogP contribution in [0, 0.1) is 0 Å². The number of hydrogen-bond donors (Lipinski definition) is 1. The van der Waals surface area contributed by atoms with Crippen LogP contribution in [0.15, 0.2) is 41.4 Å². The fraction of sp³-hybridized carbons (Fsp3) is 0.267. The largest absolute Gasteiger partial charge is 0.340 e. The van der Waals surface area contributed by atoms with Crippen molar-refractivity contribution in [3.63, 3.8) is 0 Å². The second-order valence-corrected chi connectivity index (χ2v) is 8.08. The molecule has 3 rings (SSSR count). The summed E-state index contributed by atoms with van der Waals surface area (Å²) in [6.45, 7) is 1.15. The minimum Gasteiger partial charge on any atom is -0.340 e. The molecule has 0 aliphatic carbocycles. The Balaban J connectivity index is 1.79. The second kappa shape index (κ2) is 6.65. The van der Waals surface area contributed by atoms with Crippen molar-refractivity contribution >= 4 is 44.7 Å². The molecule has 5 nitrogen and oxygen atoms in total. The van der Waals surface area contributed by atoms with Gasteiger partial charge >= 0.3 is 0 Å². The first-order valence-corrected chi connectivity index (χ1v) is 9.34. The van der Waals surface area contributed by atoms with Crippen molar-refractivity contribution in [2.75, 3.05) is 18.4 Å². The number of aromatic nitrogens is 1. The van der Waals surface area contributed by atoms with Gasteiger partial charge < -0.3 is 5.32 Å². The number of hydrogen-bond acceptors (Lipinski definition) is 4. The molecule has 1 N–H and O–H groups in total. The summed E-state index contributed by atoms with van der Waals surface area (Å²) < 4.78 is 26.3. The summed E-state index contributed by atoms with van der Waals surface area (Å²) in [6.07, 6.45) is 3.17. The average molecular weight is 372 g/mol. The number of benzene rings is 1. The lowest BCUT2D eigenvalue weighted by atomic mass is 10.3. The molecule has 0 bridgehead atoms. The number of anilines is 2. The van der Waals surface area contributed by atoms with Crippen LogP contribution in [0.25, 0.3) is 0 Å². The molecule has 0 amide bonds. The first-order chi connectivity index (χ1) is 10.9. The van der Waals surface area contributed by atoms with Gasteiger partial charge in [0.05, 0.1) is 0 Å². The highest BCUT2D eigenvalue weighted by molar-refractivity contribution is 7.89. The molecular weight excluding hydrogens is 357 g/mol. The number of nitrogens with zero attached hydrogens (tertiary/aromatic N) is 2. The van der Waals surface area contributed by atoms with E-state index >= 15 is 0 Å². The zero-order valence-corrected chi connectivity index (χ0v) is 14.5. The first kappa shape index (κ1) is 16.5. The molecule has 122 valence electrons. The molecule has 0 spiro atoms. The fourth-order valence-corrected chi connectivity index (χ4v) is 4.45. The summed E-state index contributed by atoms with van der Waals surface area (Å²) in [7, 11) is -3.44. The fourth-order valence-electron chi connectivity index (χ4n) is 2.46. The van der Waals surface area contributed by atoms with Gasteiger partial charge in [-0.15, -0.1) is 0 Å². The predicted molar refractivity (Wildman–Crippen MR) is 92.0 cm³/mol. The van der Waals surface area contributed by atoms with E-state index in [4.69, 9.17) is 23.2 Å². The molecule has 1 fully saturated rings. The van der Waals surface area contributed by atoms with E-state index in [1.165, 1.54) is 10.5 Å². The highest BCUT2D eigenvalue weighted by atomic mass is 35.5. The molecule has 0 atom stereocenters. The summed E-state index contributed by atoms with van der Waals surface area (Å²) in [5, 5.41) is 4.06. The molecule has 0 saturated carbocycles. The van der Waals surface area contributed by atoms with Gasteiger partial charge in [-0.3, -0.25) is 0 Å². The van der Waals surface area contributed by atoms with Crippen LogP contribution in [-0.4, -0.2) is 30.8 Å². The van der Waals surface area contributed by atoms with Gasteiger partial charge in [0.15, 0.2) is 0 Å². The van der Waals surface area contributed by atoms with Gasteiger partial charge in [-0.1, -0.05) is 23.2 Å². The van der Waals surface area contributed by atoms with Crippen molar-refractivity contribution < 1.29 is 8.42 Å². The standard InChI is InChI=1S/C15H15Cl2N3O2S/c16-11-7-12(17)9-13(8-11)19-15-4-3-14(10-18-15)23(21,22)20-5-1-2-6-20/h3-4,7-10H,1-2,5-6H2,(H,18,19). The van der Waals surface area contributed by atoms with Gasteiger partial charge in [0.25, 0.3) is 0 Å². The van der Waals surface area contributed by atoms with Crippen molar-refractivity contribution in [2.45, 2.75) is 17.7 Å². The molecule has 23 heavy (non-hydrogen) atoms. The smallest absolute Gasteiger partial charge is 0.244 e. The Kier molecular flexibility index (Phi) is 4.77. The molecule has 2 heterocycles. The van der Waals surface area contributed by atoms with E-state index < -0.39 is 10.0 Å². The lowest BCUT2D eigenvalue weighted by Crippen LogP contribution is -2.27. The van der Waals surface area contributed by atoms with Crippen LogP contribution in [-0.2, 0) is 10.0 Å². The maximum absolute atomic E-state index is 12.4. The molecule has 8 heteroatoms. The maximum atomic E-state index is 12.4. The number of nitrogens with one attached hydrogen (secondary N) is 1. The normalized spacial score (nSPS) is 15.7. The van der Waals surface area contributed by atoms with Gasteiger partial charge in [-0.2, -0.15) is 4.31 Å². The van der Waals surface area contributed by atoms with Crippen LogP contribution < -0.4 is 5.32 Å². The lowest BCUT2D eigenvalue weighted by molar-refractivity contribution is 0.477. The van der Waals surface area contributed by atoms with Crippen LogP contribution in [0.5, 0.6) is 0 Å². The molecule has 1 saturated heterocycles. The van der Waals surface area contributed by atoms with Crippen molar-refractivity contribution in [3.05, 3.63) is 46.6 Å². The minimum atomic E-state index is -3.44. The third kappa shape index (κ3) is 3.77. The van der Waals surface area contributed by atoms with Crippen LogP contribution in [0.1, 0.15) is 12.8 Å². The molecule has 1 aromatic carbocycles. The van der Waals surface area contributed by atoms with Gasteiger partial charge in [0, 0.05) is 35.0 Å². The summed E-state index contributed by atoms with van der Waals surface area (Å²) in [4.78, 5) is 4.37.